The van der Waals surface area contributed by atoms with Gasteiger partial charge in [-0.25, -0.2) is 13.8 Å². The van der Waals surface area contributed by atoms with E-state index in [1.807, 2.05) is 0 Å². The summed E-state index contributed by atoms with van der Waals surface area (Å²) >= 11 is 1.13. The summed E-state index contributed by atoms with van der Waals surface area (Å²) in [7, 11) is 0. The molecule has 40 heavy (non-hydrogen) atoms. The van der Waals surface area contributed by atoms with Crippen molar-refractivity contribution in [2.24, 2.45) is 0 Å². The lowest BCUT2D eigenvalue weighted by atomic mass is 10.0. The van der Waals surface area contributed by atoms with Crippen LogP contribution in [0.1, 0.15) is 58.8 Å². The van der Waals surface area contributed by atoms with Crippen LogP contribution >= 0.6 is 11.3 Å². The van der Waals surface area contributed by atoms with Gasteiger partial charge in [0.05, 0.1) is 30.4 Å². The molecule has 2 N–H and O–H groups in total. The van der Waals surface area contributed by atoms with Crippen LogP contribution in [0.4, 0.5) is 4.39 Å². The highest BCUT2D eigenvalue weighted by molar-refractivity contribution is 7.21. The van der Waals surface area contributed by atoms with E-state index in [0.29, 0.717) is 15.4 Å². The Morgan fingerprint density at radius 3 is 2.42 bits per heavy atom. The molecule has 0 aliphatic rings. The first-order chi connectivity index (χ1) is 18.7. The summed E-state index contributed by atoms with van der Waals surface area (Å²) in [5.41, 5.74) is -2.29. The fourth-order valence-corrected chi connectivity index (χ4v) is 5.75. The number of rotatable bonds is 9. The van der Waals surface area contributed by atoms with Crippen molar-refractivity contribution >= 4 is 27.5 Å². The van der Waals surface area contributed by atoms with Gasteiger partial charge in [-0.1, -0.05) is 11.3 Å². The molecule has 0 aliphatic carbocycles. The summed E-state index contributed by atoms with van der Waals surface area (Å²) < 4.78 is 22.6. The molecule has 1 amide bonds. The Hall–Kier alpha value is -3.84. The summed E-state index contributed by atoms with van der Waals surface area (Å²) in [5, 5.41) is 22.5. The van der Waals surface area contributed by atoms with Crippen molar-refractivity contribution in [3.63, 3.8) is 0 Å². The lowest BCUT2D eigenvalue weighted by Crippen LogP contribution is -2.56. The SMILES string of the molecule is Cc1c(-n2nccn2)sc2c1c(=O)n(C(C)(C)C(=O)NC(C)C)c(=O)n2C[C@H](OC(C)C)c1cc(F)ccc1O. The molecule has 13 heteroatoms. The Labute approximate surface area is 233 Å². The van der Waals surface area contributed by atoms with E-state index in [1.54, 1.807) is 34.6 Å². The first kappa shape index (κ1) is 29.2. The van der Waals surface area contributed by atoms with Gasteiger partial charge in [0.15, 0.2) is 0 Å². The molecular formula is C27H33FN6O5S. The van der Waals surface area contributed by atoms with Gasteiger partial charge in [-0.2, -0.15) is 10.2 Å². The first-order valence-corrected chi connectivity index (χ1v) is 13.7. The third kappa shape index (κ3) is 5.30. The highest BCUT2D eigenvalue weighted by Crippen LogP contribution is 2.34. The van der Waals surface area contributed by atoms with Gasteiger partial charge in [0.1, 0.15) is 33.0 Å². The molecule has 1 atom stereocenters. The number of aromatic hydroxyl groups is 1. The molecule has 0 fully saturated rings. The van der Waals surface area contributed by atoms with Gasteiger partial charge in [-0.05, 0) is 66.7 Å². The number of phenols is 1. The molecule has 214 valence electrons. The molecule has 4 aromatic rings. The van der Waals surface area contributed by atoms with Gasteiger partial charge >= 0.3 is 5.69 Å². The van der Waals surface area contributed by atoms with Crippen LogP contribution in [-0.2, 0) is 21.6 Å². The summed E-state index contributed by atoms with van der Waals surface area (Å²) in [6, 6.07) is 3.27. The minimum absolute atomic E-state index is 0.144. The summed E-state index contributed by atoms with van der Waals surface area (Å²) in [5.74, 6) is -1.30. The van der Waals surface area contributed by atoms with E-state index in [0.717, 1.165) is 28.0 Å². The van der Waals surface area contributed by atoms with E-state index >= 15 is 0 Å². The van der Waals surface area contributed by atoms with Crippen LogP contribution in [0.15, 0.2) is 40.2 Å². The number of benzene rings is 1. The van der Waals surface area contributed by atoms with Crippen LogP contribution < -0.4 is 16.6 Å². The number of hydrogen-bond donors (Lipinski definition) is 2. The van der Waals surface area contributed by atoms with E-state index in [1.165, 1.54) is 41.7 Å². The molecule has 11 nitrogen and oxygen atoms in total. The van der Waals surface area contributed by atoms with Crippen LogP contribution in [0, 0.1) is 12.7 Å². The number of nitrogens with zero attached hydrogens (tertiary/aromatic N) is 5. The standard InChI is InChI=1S/C27H33FN6O5S/c1-14(2)31-25(37)27(6,7)33-22(36)21-16(5)23(34-29-10-11-30-34)40-24(21)32(26(33)38)13-20(39-15(3)4)18-12-17(28)8-9-19(18)35/h8-12,14-15,20,35H,13H2,1-7H3,(H,31,37)/t20-/m0/s1. The second kappa shape index (κ2) is 11.0. The molecule has 0 unspecified atom stereocenters. The highest BCUT2D eigenvalue weighted by atomic mass is 32.1. The van der Waals surface area contributed by atoms with Crippen molar-refractivity contribution in [1.82, 2.24) is 29.4 Å². The third-order valence-corrected chi connectivity index (χ3v) is 7.72. The predicted octanol–water partition coefficient (Wildman–Crippen LogP) is 3.38. The zero-order valence-corrected chi connectivity index (χ0v) is 24.2. The Bertz CT molecular complexity index is 1670. The minimum atomic E-state index is -1.57. The fourth-order valence-electron chi connectivity index (χ4n) is 4.53. The number of amides is 1. The maximum absolute atomic E-state index is 14.3. The van der Waals surface area contributed by atoms with Gasteiger partial charge < -0.3 is 15.2 Å². The van der Waals surface area contributed by atoms with Crippen molar-refractivity contribution in [3.8, 4) is 10.8 Å². The minimum Gasteiger partial charge on any atom is -0.508 e. The maximum Gasteiger partial charge on any atom is 0.333 e. The number of phenolic OH excluding ortho intramolecular Hbond substituents is 1. The average molecular weight is 573 g/mol. The molecule has 3 heterocycles. The molecule has 0 spiro atoms. The Morgan fingerprint density at radius 2 is 1.82 bits per heavy atom. The van der Waals surface area contributed by atoms with Crippen molar-refractivity contribution in [3.05, 3.63) is 68.4 Å². The van der Waals surface area contributed by atoms with Crippen LogP contribution in [0.2, 0.25) is 0 Å². The normalized spacial score (nSPS) is 12.9. The van der Waals surface area contributed by atoms with E-state index in [9.17, 15) is 23.9 Å². The smallest absolute Gasteiger partial charge is 0.333 e. The van der Waals surface area contributed by atoms with Gasteiger partial charge in [0.25, 0.3) is 5.56 Å². The zero-order chi connectivity index (χ0) is 29.5. The van der Waals surface area contributed by atoms with Crippen molar-refractivity contribution in [2.75, 3.05) is 0 Å². The second-order valence-electron chi connectivity index (χ2n) is 10.6. The molecule has 0 saturated carbocycles. The lowest BCUT2D eigenvalue weighted by molar-refractivity contribution is -0.129. The number of aryl methyl sites for hydroxylation is 1. The monoisotopic (exact) mass is 572 g/mol. The molecule has 0 bridgehead atoms. The van der Waals surface area contributed by atoms with Crippen molar-refractivity contribution < 1.29 is 19.0 Å². The van der Waals surface area contributed by atoms with Crippen LogP contribution in [0.5, 0.6) is 5.75 Å². The number of halogens is 1. The predicted molar refractivity (Wildman–Crippen MR) is 150 cm³/mol. The number of carbonyl (C=O) groups excluding carboxylic acids is 1. The topological polar surface area (TPSA) is 133 Å². The quantitative estimate of drug-likeness (QED) is 0.314. The molecule has 0 aliphatic heterocycles. The van der Waals surface area contributed by atoms with Crippen LogP contribution in [-0.4, -0.2) is 47.3 Å². The summed E-state index contributed by atoms with van der Waals surface area (Å²) in [6.07, 6.45) is 1.66. The third-order valence-electron chi connectivity index (χ3n) is 6.44. The van der Waals surface area contributed by atoms with E-state index < -0.39 is 34.6 Å². The van der Waals surface area contributed by atoms with Crippen LogP contribution in [0.3, 0.4) is 0 Å². The Balaban J connectivity index is 2.05. The van der Waals surface area contributed by atoms with E-state index in [4.69, 9.17) is 4.74 Å². The molecule has 0 radical (unpaired) electrons. The summed E-state index contributed by atoms with van der Waals surface area (Å²) in [4.78, 5) is 43.1. The summed E-state index contributed by atoms with van der Waals surface area (Å²) in [6.45, 7) is 11.7. The largest absolute Gasteiger partial charge is 0.508 e. The second-order valence-corrected chi connectivity index (χ2v) is 11.6. The van der Waals surface area contributed by atoms with Gasteiger partial charge in [-0.15, -0.1) is 4.80 Å². The number of nitrogens with one attached hydrogen (secondary N) is 1. The maximum atomic E-state index is 14.3. The van der Waals surface area contributed by atoms with Crippen molar-refractivity contribution in [2.45, 2.75) is 78.8 Å². The number of ether oxygens (including phenoxy) is 1. The van der Waals surface area contributed by atoms with Crippen LogP contribution in [0.25, 0.3) is 15.2 Å². The number of carbonyl (C=O) groups is 1. The Kier molecular flexibility index (Phi) is 7.99. The first-order valence-electron chi connectivity index (χ1n) is 12.8. The van der Waals surface area contributed by atoms with E-state index in [-0.39, 0.29) is 35.4 Å². The molecule has 0 saturated heterocycles. The highest BCUT2D eigenvalue weighted by Gasteiger charge is 2.36. The zero-order valence-electron chi connectivity index (χ0n) is 23.4. The lowest BCUT2D eigenvalue weighted by Gasteiger charge is -2.29. The van der Waals surface area contributed by atoms with Gasteiger partial charge in [-0.3, -0.25) is 14.2 Å². The molecule has 3 aromatic heterocycles. The van der Waals surface area contributed by atoms with Gasteiger partial charge in [0, 0.05) is 17.2 Å². The number of aromatic nitrogens is 5. The molecule has 4 rings (SSSR count). The fraction of sp³-hybridized carbons (Fsp3) is 0.444. The van der Waals surface area contributed by atoms with Crippen molar-refractivity contribution in [1.29, 1.82) is 0 Å². The van der Waals surface area contributed by atoms with Gasteiger partial charge in [0.2, 0.25) is 5.91 Å². The Morgan fingerprint density at radius 1 is 1.18 bits per heavy atom. The molecule has 1 aromatic carbocycles. The molecular weight excluding hydrogens is 539 g/mol. The number of hydrogen-bond acceptors (Lipinski definition) is 8. The number of fused-ring (bicyclic) bond motifs is 1. The van der Waals surface area contributed by atoms with E-state index in [2.05, 4.69) is 15.5 Å². The number of thiophene rings is 1. The average Bonchev–Trinajstić information content (AvgIpc) is 3.50.